The van der Waals surface area contributed by atoms with Gasteiger partial charge in [-0.3, -0.25) is 0 Å². The normalized spacial score (nSPS) is 10.8. The highest BCUT2D eigenvalue weighted by Crippen LogP contribution is 2.30. The van der Waals surface area contributed by atoms with E-state index in [-0.39, 0.29) is 0 Å². The lowest BCUT2D eigenvalue weighted by atomic mass is 10.6. The minimum atomic E-state index is 0.632. The van der Waals surface area contributed by atoms with Gasteiger partial charge in [0, 0.05) is 22.3 Å². The van der Waals surface area contributed by atoms with Crippen LogP contribution in [0, 0.1) is 0 Å². The smallest absolute Gasteiger partial charge is 0.180 e. The molecule has 0 spiro atoms. The fraction of sp³-hybridized carbons (Fsp3) is 0.250. The quantitative estimate of drug-likeness (QED) is 0.651. The number of anilines is 2. The molecular weight excluding hydrogens is 280 g/mol. The van der Waals surface area contributed by atoms with E-state index >= 15 is 0 Å². The van der Waals surface area contributed by atoms with Gasteiger partial charge in [0.05, 0.1) is 11.4 Å². The number of hydrogen-bond donors (Lipinski definition) is 2. The maximum atomic E-state index is 5.55. The lowest BCUT2D eigenvalue weighted by Gasteiger charge is -1.96. The number of aromatic nitrogens is 2. The molecule has 16 heavy (non-hydrogen) atoms. The second kappa shape index (κ2) is 5.76. The van der Waals surface area contributed by atoms with Gasteiger partial charge in [-0.05, 0) is 0 Å². The molecule has 2 aromatic heterocycles. The molecule has 0 atom stereocenters. The van der Waals surface area contributed by atoms with E-state index in [4.69, 9.17) is 11.5 Å². The first-order valence-corrected chi connectivity index (χ1v) is 8.63. The van der Waals surface area contributed by atoms with Crippen LogP contribution >= 0.6 is 44.3 Å². The molecule has 0 saturated heterocycles. The van der Waals surface area contributed by atoms with Crippen LogP contribution in [0.1, 0.15) is 11.4 Å². The SMILES string of the molecule is Nc1nc(CSSCc2csc(N)n2)cs1. The first kappa shape index (κ1) is 12.0. The van der Waals surface area contributed by atoms with Crippen molar-refractivity contribution < 1.29 is 0 Å². The summed E-state index contributed by atoms with van der Waals surface area (Å²) in [5, 5.41) is 5.24. The highest BCUT2D eigenvalue weighted by Gasteiger charge is 2.02. The van der Waals surface area contributed by atoms with E-state index < -0.39 is 0 Å². The molecule has 0 saturated carbocycles. The van der Waals surface area contributed by atoms with Crippen molar-refractivity contribution in [1.29, 1.82) is 0 Å². The topological polar surface area (TPSA) is 77.8 Å². The average Bonchev–Trinajstić information content (AvgIpc) is 2.83. The second-order valence-electron chi connectivity index (χ2n) is 2.88. The zero-order chi connectivity index (χ0) is 11.4. The van der Waals surface area contributed by atoms with E-state index in [1.807, 2.05) is 10.8 Å². The minimum Gasteiger partial charge on any atom is -0.375 e. The van der Waals surface area contributed by atoms with Crippen LogP contribution in [-0.4, -0.2) is 9.97 Å². The molecule has 0 aliphatic heterocycles. The van der Waals surface area contributed by atoms with Crippen molar-refractivity contribution in [1.82, 2.24) is 9.97 Å². The molecule has 4 nitrogen and oxygen atoms in total. The van der Waals surface area contributed by atoms with Gasteiger partial charge in [-0.1, -0.05) is 21.6 Å². The molecule has 2 rings (SSSR count). The highest BCUT2D eigenvalue weighted by molar-refractivity contribution is 8.76. The number of thiazole rings is 2. The number of nitrogen functional groups attached to an aromatic ring is 2. The van der Waals surface area contributed by atoms with E-state index in [0.717, 1.165) is 22.9 Å². The highest BCUT2D eigenvalue weighted by atomic mass is 33.1. The molecule has 2 aromatic rings. The van der Waals surface area contributed by atoms with Crippen LogP contribution in [0.15, 0.2) is 10.8 Å². The summed E-state index contributed by atoms with van der Waals surface area (Å²) in [6.45, 7) is 0. The third kappa shape index (κ3) is 3.55. The molecule has 0 unspecified atom stereocenters. The summed E-state index contributed by atoms with van der Waals surface area (Å²) in [6.07, 6.45) is 0. The van der Waals surface area contributed by atoms with E-state index in [1.165, 1.54) is 22.7 Å². The lowest BCUT2D eigenvalue weighted by Crippen LogP contribution is -1.85. The molecule has 4 N–H and O–H groups in total. The first-order valence-electron chi connectivity index (χ1n) is 4.38. The van der Waals surface area contributed by atoms with Crippen LogP contribution in [0.4, 0.5) is 10.3 Å². The molecule has 2 heterocycles. The Bertz CT molecular complexity index is 410. The molecule has 8 heteroatoms. The van der Waals surface area contributed by atoms with E-state index in [1.54, 1.807) is 21.6 Å². The summed E-state index contributed by atoms with van der Waals surface area (Å²) in [4.78, 5) is 8.38. The van der Waals surface area contributed by atoms with E-state index in [9.17, 15) is 0 Å². The van der Waals surface area contributed by atoms with Gasteiger partial charge in [0.15, 0.2) is 10.3 Å². The fourth-order valence-electron chi connectivity index (χ4n) is 0.982. The van der Waals surface area contributed by atoms with Crippen molar-refractivity contribution in [3.63, 3.8) is 0 Å². The maximum absolute atomic E-state index is 5.55. The zero-order valence-electron chi connectivity index (χ0n) is 8.25. The standard InChI is InChI=1S/C8H10N4S4/c9-7-11-5(1-13-7)3-15-16-4-6-2-14-8(10)12-6/h1-2H,3-4H2,(H2,9,11)(H2,10,12). The van der Waals surface area contributed by atoms with Gasteiger partial charge < -0.3 is 11.5 Å². The number of rotatable bonds is 5. The number of nitrogens with zero attached hydrogens (tertiary/aromatic N) is 2. The summed E-state index contributed by atoms with van der Waals surface area (Å²) in [7, 11) is 3.51. The summed E-state index contributed by atoms with van der Waals surface area (Å²) >= 11 is 2.96. The van der Waals surface area contributed by atoms with E-state index in [0.29, 0.717) is 10.3 Å². The second-order valence-corrected chi connectivity index (χ2v) is 7.12. The molecule has 0 aromatic carbocycles. The summed E-state index contributed by atoms with van der Waals surface area (Å²) in [5.41, 5.74) is 13.2. The van der Waals surface area contributed by atoms with Gasteiger partial charge in [-0.15, -0.1) is 22.7 Å². The summed E-state index contributed by atoms with van der Waals surface area (Å²) in [6, 6.07) is 0. The Morgan fingerprint density at radius 2 is 1.38 bits per heavy atom. The Morgan fingerprint density at radius 1 is 0.938 bits per heavy atom. The third-order valence-corrected chi connectivity index (χ3v) is 5.28. The monoisotopic (exact) mass is 290 g/mol. The Kier molecular flexibility index (Phi) is 4.33. The maximum Gasteiger partial charge on any atom is 0.180 e. The predicted molar refractivity (Wildman–Crippen MR) is 75.6 cm³/mol. The van der Waals surface area contributed by atoms with Crippen LogP contribution in [-0.2, 0) is 11.5 Å². The van der Waals surface area contributed by atoms with Crippen LogP contribution in [0.2, 0.25) is 0 Å². The van der Waals surface area contributed by atoms with Crippen LogP contribution < -0.4 is 11.5 Å². The molecule has 0 aliphatic rings. The number of nitrogens with two attached hydrogens (primary N) is 2. The van der Waals surface area contributed by atoms with Gasteiger partial charge in [-0.25, -0.2) is 9.97 Å². The van der Waals surface area contributed by atoms with Crippen molar-refractivity contribution >= 4 is 54.5 Å². The first-order chi connectivity index (χ1) is 7.74. The molecule has 0 aliphatic carbocycles. The summed E-state index contributed by atoms with van der Waals surface area (Å²) < 4.78 is 0. The van der Waals surface area contributed by atoms with Gasteiger partial charge in [-0.2, -0.15) is 0 Å². The number of hydrogen-bond acceptors (Lipinski definition) is 8. The van der Waals surface area contributed by atoms with Crippen molar-refractivity contribution in [3.05, 3.63) is 22.1 Å². The van der Waals surface area contributed by atoms with Crippen molar-refractivity contribution in [3.8, 4) is 0 Å². The van der Waals surface area contributed by atoms with Gasteiger partial charge in [0.2, 0.25) is 0 Å². The van der Waals surface area contributed by atoms with Crippen molar-refractivity contribution in [2.75, 3.05) is 11.5 Å². The Balaban J connectivity index is 1.69. The summed E-state index contributed by atoms with van der Waals surface area (Å²) in [5.74, 6) is 1.75. The Labute approximate surface area is 109 Å². The van der Waals surface area contributed by atoms with Crippen molar-refractivity contribution in [2.24, 2.45) is 0 Å². The van der Waals surface area contributed by atoms with Crippen LogP contribution in [0.3, 0.4) is 0 Å². The fourth-order valence-corrected chi connectivity index (χ4v) is 4.25. The van der Waals surface area contributed by atoms with Gasteiger partial charge in [0.1, 0.15) is 0 Å². The molecule has 0 amide bonds. The molecule has 0 fully saturated rings. The largest absolute Gasteiger partial charge is 0.375 e. The molecule has 0 radical (unpaired) electrons. The van der Waals surface area contributed by atoms with Crippen LogP contribution in [0.5, 0.6) is 0 Å². The van der Waals surface area contributed by atoms with E-state index in [2.05, 4.69) is 9.97 Å². The molecular formula is C8H10N4S4. The van der Waals surface area contributed by atoms with Gasteiger partial charge in [0.25, 0.3) is 0 Å². The zero-order valence-corrected chi connectivity index (χ0v) is 11.5. The van der Waals surface area contributed by atoms with Gasteiger partial charge >= 0.3 is 0 Å². The third-order valence-electron chi connectivity index (χ3n) is 1.64. The lowest BCUT2D eigenvalue weighted by molar-refractivity contribution is 1.24. The van der Waals surface area contributed by atoms with Crippen molar-refractivity contribution in [2.45, 2.75) is 11.5 Å². The minimum absolute atomic E-state index is 0.632. The van der Waals surface area contributed by atoms with Crippen LogP contribution in [0.25, 0.3) is 0 Å². The Morgan fingerprint density at radius 3 is 1.69 bits per heavy atom. The molecule has 0 bridgehead atoms. The Hall–Kier alpha value is -0.440. The predicted octanol–water partition coefficient (Wildman–Crippen LogP) is 2.85. The average molecular weight is 290 g/mol. The molecule has 86 valence electrons.